The van der Waals surface area contributed by atoms with Crippen molar-refractivity contribution in [3.05, 3.63) is 0 Å². The van der Waals surface area contributed by atoms with Gasteiger partial charge in [0.05, 0.1) is 13.2 Å². The van der Waals surface area contributed by atoms with Gasteiger partial charge in [0.1, 0.15) is 0 Å². The van der Waals surface area contributed by atoms with Crippen LogP contribution in [0.2, 0.25) is 0 Å². The maximum Gasteiger partial charge on any atom is 0.0613 e. The van der Waals surface area contributed by atoms with Crippen LogP contribution in [-0.2, 0) is 4.74 Å². The van der Waals surface area contributed by atoms with E-state index in [2.05, 4.69) is 25.7 Å². The van der Waals surface area contributed by atoms with Gasteiger partial charge in [0.25, 0.3) is 0 Å². The lowest BCUT2D eigenvalue weighted by Crippen LogP contribution is -2.52. The summed E-state index contributed by atoms with van der Waals surface area (Å²) in [6.07, 6.45) is 0.918. The Bertz CT molecular complexity index is 161. The molecule has 0 bridgehead atoms. The summed E-state index contributed by atoms with van der Waals surface area (Å²) in [5.74, 6) is 0. The first kappa shape index (κ1) is 11.0. The molecule has 1 N–H and O–H groups in total. The summed E-state index contributed by atoms with van der Waals surface area (Å²) in [6.45, 7) is 9.14. The number of rotatable bonds is 2. The number of nitrogens with zero attached hydrogens (tertiary/aromatic N) is 1. The van der Waals surface area contributed by atoms with Crippen LogP contribution < -0.4 is 0 Å². The van der Waals surface area contributed by atoms with Crippen molar-refractivity contribution in [2.24, 2.45) is 0 Å². The van der Waals surface area contributed by atoms with E-state index in [9.17, 15) is 5.11 Å². The van der Waals surface area contributed by atoms with Crippen LogP contribution in [-0.4, -0.2) is 48.0 Å². The number of aliphatic hydroxyl groups excluding tert-OH is 1. The Balaban J connectivity index is 2.72. The zero-order chi connectivity index (χ0) is 9.90. The highest BCUT2D eigenvalue weighted by atomic mass is 16.5. The van der Waals surface area contributed by atoms with Gasteiger partial charge in [-0.05, 0) is 27.2 Å². The van der Waals surface area contributed by atoms with Crippen LogP contribution in [0.25, 0.3) is 0 Å². The fraction of sp³-hybridized carbons (Fsp3) is 1.00. The fourth-order valence-corrected chi connectivity index (χ4v) is 2.02. The lowest BCUT2D eigenvalue weighted by atomic mass is 9.95. The van der Waals surface area contributed by atoms with Gasteiger partial charge in [-0.15, -0.1) is 0 Å². The van der Waals surface area contributed by atoms with Gasteiger partial charge in [0.15, 0.2) is 0 Å². The smallest absolute Gasteiger partial charge is 0.0613 e. The molecule has 1 aliphatic rings. The lowest BCUT2D eigenvalue weighted by Gasteiger charge is -2.41. The number of hydrogen-bond acceptors (Lipinski definition) is 3. The first-order chi connectivity index (χ1) is 6.10. The molecule has 1 fully saturated rings. The van der Waals surface area contributed by atoms with Gasteiger partial charge in [-0.2, -0.15) is 0 Å². The third kappa shape index (κ3) is 2.42. The minimum atomic E-state index is -0.0926. The molecular formula is C10H21NO2. The van der Waals surface area contributed by atoms with E-state index in [0.717, 1.165) is 26.2 Å². The molecule has 0 saturated carbocycles. The zero-order valence-corrected chi connectivity index (χ0v) is 8.92. The van der Waals surface area contributed by atoms with E-state index < -0.39 is 0 Å². The summed E-state index contributed by atoms with van der Waals surface area (Å²) < 4.78 is 5.42. The molecule has 0 aromatic heterocycles. The van der Waals surface area contributed by atoms with E-state index in [1.807, 2.05) is 0 Å². The van der Waals surface area contributed by atoms with E-state index in [1.165, 1.54) is 0 Å². The molecular weight excluding hydrogens is 166 g/mol. The van der Waals surface area contributed by atoms with Gasteiger partial charge in [-0.1, -0.05) is 0 Å². The minimum absolute atomic E-state index is 0.0926. The predicted octanol–water partition coefficient (Wildman–Crippen LogP) is 0.868. The molecule has 1 heterocycles. The van der Waals surface area contributed by atoms with Crippen LogP contribution in [0.3, 0.4) is 0 Å². The first-order valence-corrected chi connectivity index (χ1v) is 5.05. The van der Waals surface area contributed by atoms with Crippen molar-refractivity contribution in [1.82, 2.24) is 4.90 Å². The Morgan fingerprint density at radius 1 is 1.46 bits per heavy atom. The quantitative estimate of drug-likeness (QED) is 0.696. The predicted molar refractivity (Wildman–Crippen MR) is 52.8 cm³/mol. The molecule has 1 saturated heterocycles. The molecule has 0 aromatic carbocycles. The summed E-state index contributed by atoms with van der Waals surface area (Å²) in [5, 5.41) is 9.40. The second-order valence-electron chi connectivity index (χ2n) is 4.30. The van der Waals surface area contributed by atoms with Crippen LogP contribution in [0, 0.1) is 0 Å². The highest BCUT2D eigenvalue weighted by Crippen LogP contribution is 2.23. The summed E-state index contributed by atoms with van der Waals surface area (Å²) >= 11 is 0. The topological polar surface area (TPSA) is 32.7 Å². The molecule has 0 amide bonds. The average Bonchev–Trinajstić information content (AvgIpc) is 2.27. The maximum atomic E-state index is 9.40. The number of ether oxygens (including phenoxy) is 1. The molecule has 1 unspecified atom stereocenters. The molecule has 1 aliphatic heterocycles. The standard InChI is InChI=1S/C10H21NO2/c1-9(2)11-5-7-13-6-4-10(11,3)8-12/h9,12H,4-8H2,1-3H3. The third-order valence-corrected chi connectivity index (χ3v) is 2.92. The molecule has 1 rings (SSSR count). The van der Waals surface area contributed by atoms with Crippen molar-refractivity contribution >= 4 is 0 Å². The number of aliphatic hydroxyl groups is 1. The number of hydrogen-bond donors (Lipinski definition) is 1. The summed E-state index contributed by atoms with van der Waals surface area (Å²) in [6, 6.07) is 0.471. The Kier molecular flexibility index (Phi) is 3.71. The minimum Gasteiger partial charge on any atom is -0.394 e. The zero-order valence-electron chi connectivity index (χ0n) is 8.92. The van der Waals surface area contributed by atoms with Crippen LogP contribution >= 0.6 is 0 Å². The Labute approximate surface area is 80.7 Å². The molecule has 3 nitrogen and oxygen atoms in total. The van der Waals surface area contributed by atoms with E-state index in [-0.39, 0.29) is 12.1 Å². The van der Waals surface area contributed by atoms with Gasteiger partial charge in [0.2, 0.25) is 0 Å². The van der Waals surface area contributed by atoms with Gasteiger partial charge in [-0.25, -0.2) is 0 Å². The molecule has 13 heavy (non-hydrogen) atoms. The van der Waals surface area contributed by atoms with Crippen molar-refractivity contribution < 1.29 is 9.84 Å². The van der Waals surface area contributed by atoms with Crippen LogP contribution in [0.4, 0.5) is 0 Å². The van der Waals surface area contributed by atoms with Crippen LogP contribution in [0.15, 0.2) is 0 Å². The fourth-order valence-electron chi connectivity index (χ4n) is 2.02. The Morgan fingerprint density at radius 3 is 2.69 bits per heavy atom. The normalized spacial score (nSPS) is 32.1. The molecule has 3 heteroatoms. The maximum absolute atomic E-state index is 9.40. The highest BCUT2D eigenvalue weighted by molar-refractivity contribution is 4.88. The monoisotopic (exact) mass is 187 g/mol. The summed E-state index contributed by atoms with van der Waals surface area (Å²) in [5.41, 5.74) is -0.0926. The van der Waals surface area contributed by atoms with Gasteiger partial charge < -0.3 is 9.84 Å². The highest BCUT2D eigenvalue weighted by Gasteiger charge is 2.34. The van der Waals surface area contributed by atoms with Crippen molar-refractivity contribution in [3.63, 3.8) is 0 Å². The van der Waals surface area contributed by atoms with Gasteiger partial charge >= 0.3 is 0 Å². The second kappa shape index (κ2) is 4.40. The molecule has 0 spiro atoms. The van der Waals surface area contributed by atoms with Crippen LogP contribution in [0.5, 0.6) is 0 Å². The van der Waals surface area contributed by atoms with Gasteiger partial charge in [0, 0.05) is 24.7 Å². The third-order valence-electron chi connectivity index (χ3n) is 2.92. The lowest BCUT2D eigenvalue weighted by molar-refractivity contribution is 0.0248. The van der Waals surface area contributed by atoms with E-state index in [1.54, 1.807) is 0 Å². The molecule has 1 atom stereocenters. The van der Waals surface area contributed by atoms with Crippen molar-refractivity contribution in [1.29, 1.82) is 0 Å². The molecule has 0 radical (unpaired) electrons. The molecule has 0 aromatic rings. The first-order valence-electron chi connectivity index (χ1n) is 5.05. The molecule has 0 aliphatic carbocycles. The second-order valence-corrected chi connectivity index (χ2v) is 4.30. The largest absolute Gasteiger partial charge is 0.394 e. The van der Waals surface area contributed by atoms with E-state index >= 15 is 0 Å². The van der Waals surface area contributed by atoms with Crippen molar-refractivity contribution in [2.45, 2.75) is 38.8 Å². The Hall–Kier alpha value is -0.120. The van der Waals surface area contributed by atoms with Crippen LogP contribution in [0.1, 0.15) is 27.2 Å². The van der Waals surface area contributed by atoms with Gasteiger partial charge in [-0.3, -0.25) is 4.90 Å². The SMILES string of the molecule is CC(C)N1CCOCCC1(C)CO. The summed E-state index contributed by atoms with van der Waals surface area (Å²) in [7, 11) is 0. The molecule has 78 valence electrons. The Morgan fingerprint density at radius 2 is 2.15 bits per heavy atom. The van der Waals surface area contributed by atoms with E-state index in [0.29, 0.717) is 6.04 Å². The van der Waals surface area contributed by atoms with Crippen molar-refractivity contribution in [2.75, 3.05) is 26.4 Å². The summed E-state index contributed by atoms with van der Waals surface area (Å²) in [4.78, 5) is 2.33. The van der Waals surface area contributed by atoms with Crippen molar-refractivity contribution in [3.8, 4) is 0 Å². The average molecular weight is 187 g/mol. The van der Waals surface area contributed by atoms with E-state index in [4.69, 9.17) is 4.74 Å².